The smallest absolute Gasteiger partial charge is 0.350 e. The van der Waals surface area contributed by atoms with Gasteiger partial charge in [0.1, 0.15) is 29.6 Å². The second-order valence-corrected chi connectivity index (χ2v) is 13.1. The average Bonchev–Trinajstić information content (AvgIpc) is 3.62. The molecule has 1 aliphatic rings. The summed E-state index contributed by atoms with van der Waals surface area (Å²) in [5.74, 6) is -0.949. The van der Waals surface area contributed by atoms with E-state index in [0.717, 1.165) is 28.9 Å². The molecule has 0 saturated carbocycles. The number of esters is 1. The minimum Gasteiger partial charge on any atom is -0.507 e. The Bertz CT molecular complexity index is 1930. The highest BCUT2D eigenvalue weighted by atomic mass is 32.1. The van der Waals surface area contributed by atoms with Crippen LogP contribution in [0.25, 0.3) is 5.76 Å². The zero-order valence-corrected chi connectivity index (χ0v) is 29.5. The number of aryl methyl sites for hydroxylation is 2. The van der Waals surface area contributed by atoms with Gasteiger partial charge in [0.05, 0.1) is 31.0 Å². The number of nitrogens with zero attached hydrogens (tertiary/aromatic N) is 2. The minimum absolute atomic E-state index is 0.00285. The fourth-order valence-corrected chi connectivity index (χ4v) is 6.38. The number of hydrogen-bond donors (Lipinski definition) is 1. The molecule has 0 spiro atoms. The van der Waals surface area contributed by atoms with Gasteiger partial charge in [0.15, 0.2) is 16.6 Å². The lowest BCUT2D eigenvalue weighted by molar-refractivity contribution is -0.132. The Hall–Kier alpha value is -5.42. The van der Waals surface area contributed by atoms with Gasteiger partial charge in [-0.3, -0.25) is 14.5 Å². The molecule has 0 aliphatic carbocycles. The summed E-state index contributed by atoms with van der Waals surface area (Å²) >= 11 is 0.919. The maximum Gasteiger partial charge on any atom is 0.350 e. The number of carbonyl (C=O) groups is 3. The Labute approximate surface area is 295 Å². The summed E-state index contributed by atoms with van der Waals surface area (Å²) in [5, 5.41) is 11.8. The molecule has 3 aromatic carbocycles. The normalized spacial score (nSPS) is 15.3. The lowest BCUT2D eigenvalue weighted by Gasteiger charge is -2.24. The van der Waals surface area contributed by atoms with E-state index in [9.17, 15) is 19.5 Å². The fraction of sp³-hybridized carbons (Fsp3) is 0.282. The molecular formula is C39H40N2O8S. The maximum atomic E-state index is 13.8. The topological polar surface area (TPSA) is 124 Å². The van der Waals surface area contributed by atoms with E-state index in [2.05, 4.69) is 25.4 Å². The van der Waals surface area contributed by atoms with E-state index < -0.39 is 23.7 Å². The zero-order chi connectivity index (χ0) is 35.9. The van der Waals surface area contributed by atoms with Gasteiger partial charge in [-0.05, 0) is 79.3 Å². The predicted octanol–water partition coefficient (Wildman–Crippen LogP) is 7.74. The second-order valence-electron chi connectivity index (χ2n) is 12.1. The molecule has 1 aliphatic heterocycles. The van der Waals surface area contributed by atoms with E-state index in [-0.39, 0.29) is 27.9 Å². The highest BCUT2D eigenvalue weighted by Crippen LogP contribution is 2.45. The number of aliphatic hydroxyl groups is 1. The van der Waals surface area contributed by atoms with E-state index >= 15 is 0 Å². The van der Waals surface area contributed by atoms with Crippen LogP contribution in [0.2, 0.25) is 0 Å². The number of carbonyl (C=O) groups excluding carboxylic acids is 3. The molecule has 11 heteroatoms. The Balaban J connectivity index is 1.55. The molecule has 4 aromatic rings. The van der Waals surface area contributed by atoms with Gasteiger partial charge in [-0.25, -0.2) is 9.78 Å². The molecule has 1 unspecified atom stereocenters. The van der Waals surface area contributed by atoms with Crippen molar-refractivity contribution in [2.75, 3.05) is 25.2 Å². The molecule has 2 heterocycles. The van der Waals surface area contributed by atoms with Crippen molar-refractivity contribution in [3.05, 3.63) is 118 Å². The highest BCUT2D eigenvalue weighted by molar-refractivity contribution is 7.17. The highest BCUT2D eigenvalue weighted by Gasteiger charge is 2.48. The van der Waals surface area contributed by atoms with Crippen molar-refractivity contribution in [2.45, 2.75) is 46.8 Å². The van der Waals surface area contributed by atoms with Crippen LogP contribution in [-0.4, -0.2) is 48.1 Å². The van der Waals surface area contributed by atoms with Crippen LogP contribution in [-0.2, 0) is 20.9 Å². The lowest BCUT2D eigenvalue weighted by atomic mass is 9.95. The lowest BCUT2D eigenvalue weighted by Crippen LogP contribution is -2.29. The SMILES string of the molecule is C=CCOC(=O)c1sc(N2C(=O)C(=O)C(=C(O)c3ccc(OCc4ccccc4C)cc3)C2c2ccc(OCCC(C)C)c(OC)c2)nc1C. The third kappa shape index (κ3) is 7.73. The van der Waals surface area contributed by atoms with Crippen molar-refractivity contribution >= 4 is 39.9 Å². The van der Waals surface area contributed by atoms with Crippen molar-refractivity contribution < 1.29 is 38.4 Å². The number of ether oxygens (including phenoxy) is 4. The van der Waals surface area contributed by atoms with Crippen LogP contribution in [0, 0.1) is 19.8 Å². The summed E-state index contributed by atoms with van der Waals surface area (Å²) in [6.07, 6.45) is 2.28. The number of Topliss-reactive ketones (excluding diaryl/α,β-unsaturated/α-hetero) is 1. The standard InChI is InChI=1S/C39H40N2O8S/c1-7-19-48-38(45)36-25(5)40-39(50-36)41-33(27-14-17-30(31(21-27)46-6)47-20-18-23(2)3)32(35(43)37(41)44)34(42)26-12-15-29(16-13-26)49-22-28-11-9-8-10-24(28)4/h7-17,21,23,33,42H,1,18-20,22H2,2-6H3. The number of aromatic nitrogens is 1. The summed E-state index contributed by atoms with van der Waals surface area (Å²) in [6, 6.07) is 18.5. The predicted molar refractivity (Wildman–Crippen MR) is 192 cm³/mol. The van der Waals surface area contributed by atoms with E-state index in [1.54, 1.807) is 49.4 Å². The molecule has 5 rings (SSSR count). The van der Waals surface area contributed by atoms with Gasteiger partial charge in [0, 0.05) is 5.56 Å². The Morgan fingerprint density at radius 3 is 2.46 bits per heavy atom. The van der Waals surface area contributed by atoms with Gasteiger partial charge in [0.25, 0.3) is 5.78 Å². The molecule has 1 fully saturated rings. The van der Waals surface area contributed by atoms with Gasteiger partial charge in [0.2, 0.25) is 0 Å². The molecule has 0 radical (unpaired) electrons. The molecule has 1 amide bonds. The van der Waals surface area contributed by atoms with Crippen LogP contribution in [0.3, 0.4) is 0 Å². The Morgan fingerprint density at radius 1 is 1.04 bits per heavy atom. The van der Waals surface area contributed by atoms with Crippen molar-refractivity contribution in [2.24, 2.45) is 5.92 Å². The zero-order valence-electron chi connectivity index (χ0n) is 28.7. The number of benzene rings is 3. The first kappa shape index (κ1) is 35.9. The monoisotopic (exact) mass is 696 g/mol. The van der Waals surface area contributed by atoms with Gasteiger partial charge >= 0.3 is 11.9 Å². The largest absolute Gasteiger partial charge is 0.507 e. The van der Waals surface area contributed by atoms with Crippen LogP contribution >= 0.6 is 11.3 Å². The summed E-state index contributed by atoms with van der Waals surface area (Å²) in [5.41, 5.74) is 3.09. The number of thiazole rings is 1. The van der Waals surface area contributed by atoms with Gasteiger partial charge in [-0.2, -0.15) is 0 Å². The first-order valence-corrected chi connectivity index (χ1v) is 17.0. The average molecular weight is 697 g/mol. The molecule has 1 N–H and O–H groups in total. The summed E-state index contributed by atoms with van der Waals surface area (Å²) in [4.78, 5) is 46.3. The summed E-state index contributed by atoms with van der Waals surface area (Å²) in [7, 11) is 1.50. The molecule has 50 heavy (non-hydrogen) atoms. The number of amides is 1. The van der Waals surface area contributed by atoms with Crippen LogP contribution in [0.15, 0.2) is 85.0 Å². The van der Waals surface area contributed by atoms with Gasteiger partial charge in [-0.15, -0.1) is 0 Å². The quantitative estimate of drug-likeness (QED) is 0.0463. The van der Waals surface area contributed by atoms with Crippen LogP contribution < -0.4 is 19.1 Å². The number of methoxy groups -OCH3 is 1. The van der Waals surface area contributed by atoms with Crippen molar-refractivity contribution in [3.63, 3.8) is 0 Å². The first-order chi connectivity index (χ1) is 24.0. The Kier molecular flexibility index (Phi) is 11.4. The molecule has 1 atom stereocenters. The summed E-state index contributed by atoms with van der Waals surface area (Å²) < 4.78 is 22.8. The van der Waals surface area contributed by atoms with Crippen LogP contribution in [0.4, 0.5) is 5.13 Å². The third-order valence-corrected chi connectivity index (χ3v) is 9.33. The van der Waals surface area contributed by atoms with Gasteiger partial charge in [-0.1, -0.05) is 68.2 Å². The van der Waals surface area contributed by atoms with E-state index in [0.29, 0.717) is 53.2 Å². The molecule has 1 aromatic heterocycles. The van der Waals surface area contributed by atoms with E-state index in [1.165, 1.54) is 18.1 Å². The fourth-order valence-electron chi connectivity index (χ4n) is 5.40. The molecule has 1 saturated heterocycles. The number of hydrogen-bond acceptors (Lipinski definition) is 10. The Morgan fingerprint density at radius 2 is 1.78 bits per heavy atom. The van der Waals surface area contributed by atoms with Crippen LogP contribution in [0.5, 0.6) is 17.2 Å². The molecule has 0 bridgehead atoms. The molecule has 260 valence electrons. The van der Waals surface area contributed by atoms with Crippen molar-refractivity contribution in [3.8, 4) is 17.2 Å². The summed E-state index contributed by atoms with van der Waals surface area (Å²) in [6.45, 7) is 12.2. The van der Waals surface area contributed by atoms with Crippen LogP contribution in [0.1, 0.15) is 63.9 Å². The third-order valence-electron chi connectivity index (χ3n) is 8.19. The number of aliphatic hydroxyl groups excluding tert-OH is 1. The van der Waals surface area contributed by atoms with E-state index in [1.807, 2.05) is 31.2 Å². The molecular weight excluding hydrogens is 657 g/mol. The number of anilines is 1. The van der Waals surface area contributed by atoms with Crippen molar-refractivity contribution in [1.29, 1.82) is 0 Å². The van der Waals surface area contributed by atoms with Crippen molar-refractivity contribution in [1.82, 2.24) is 4.98 Å². The van der Waals surface area contributed by atoms with E-state index in [4.69, 9.17) is 18.9 Å². The second kappa shape index (κ2) is 15.9. The minimum atomic E-state index is -1.12. The number of ketones is 1. The van der Waals surface area contributed by atoms with Gasteiger partial charge < -0.3 is 24.1 Å². The maximum absolute atomic E-state index is 13.8. The first-order valence-electron chi connectivity index (χ1n) is 16.2. The molecule has 10 nitrogen and oxygen atoms in total. The number of rotatable bonds is 14.